The molecule has 1 fully saturated rings. The summed E-state index contributed by atoms with van der Waals surface area (Å²) in [4.78, 5) is 12.4. The number of carboxylic acid groups (broad SMARTS) is 1. The van der Waals surface area contributed by atoms with Crippen molar-refractivity contribution in [3.8, 4) is 17.9 Å². The number of nitrogens with zero attached hydrogens (tertiary/aromatic N) is 1. The van der Waals surface area contributed by atoms with Crippen LogP contribution in [0.15, 0.2) is 42.5 Å². The highest BCUT2D eigenvalue weighted by molar-refractivity contribution is 7.13. The number of rotatable bonds is 5. The Morgan fingerprint density at radius 1 is 1.22 bits per heavy atom. The van der Waals surface area contributed by atoms with Crippen LogP contribution in [0.5, 0.6) is 0 Å². The predicted octanol–water partition coefficient (Wildman–Crippen LogP) is 3.96. The van der Waals surface area contributed by atoms with Gasteiger partial charge in [-0.05, 0) is 55.9 Å². The van der Waals surface area contributed by atoms with Gasteiger partial charge >= 0.3 is 5.97 Å². The van der Waals surface area contributed by atoms with E-state index in [0.29, 0.717) is 11.3 Å². The number of hydrogen-bond acceptors (Lipinski definition) is 4. The first-order valence-electron chi connectivity index (χ1n) is 9.04. The van der Waals surface area contributed by atoms with Crippen molar-refractivity contribution in [3.63, 3.8) is 0 Å². The summed E-state index contributed by atoms with van der Waals surface area (Å²) in [7, 11) is 0. The third-order valence-corrected chi connectivity index (χ3v) is 6.18. The number of benzene rings is 1. The van der Waals surface area contributed by atoms with Crippen LogP contribution in [-0.2, 0) is 6.42 Å². The molecule has 1 heterocycles. The summed E-state index contributed by atoms with van der Waals surface area (Å²) in [5.74, 6) is 5.09. The summed E-state index contributed by atoms with van der Waals surface area (Å²) in [6, 6.07) is 15.5. The molecule has 2 N–H and O–H groups in total. The van der Waals surface area contributed by atoms with Gasteiger partial charge in [0.1, 0.15) is 4.88 Å². The third-order valence-electron chi connectivity index (χ3n) is 5.04. The van der Waals surface area contributed by atoms with Crippen molar-refractivity contribution < 1.29 is 15.0 Å². The second-order valence-electron chi connectivity index (χ2n) is 6.83. The Hall–Kier alpha value is -2.60. The summed E-state index contributed by atoms with van der Waals surface area (Å²) >= 11 is 1.30. The molecular formula is C22H21NO3S. The lowest BCUT2D eigenvalue weighted by Gasteiger charge is -2.18. The van der Waals surface area contributed by atoms with Gasteiger partial charge in [-0.1, -0.05) is 30.0 Å². The first kappa shape index (κ1) is 19.2. The van der Waals surface area contributed by atoms with Crippen LogP contribution in [0, 0.1) is 40.9 Å². The van der Waals surface area contributed by atoms with E-state index in [-0.39, 0.29) is 17.8 Å². The molecule has 1 aromatic carbocycles. The fraction of sp³-hybridized carbons (Fsp3) is 0.364. The van der Waals surface area contributed by atoms with Crippen molar-refractivity contribution in [3.05, 3.63) is 57.8 Å². The Bertz CT molecular complexity index is 888. The van der Waals surface area contributed by atoms with Crippen LogP contribution in [0.25, 0.3) is 0 Å². The van der Waals surface area contributed by atoms with Crippen molar-refractivity contribution in [1.29, 1.82) is 5.26 Å². The van der Waals surface area contributed by atoms with Crippen molar-refractivity contribution in [2.75, 3.05) is 0 Å². The number of aryl methyl sites for hydroxylation is 1. The molecule has 27 heavy (non-hydrogen) atoms. The smallest absolute Gasteiger partial charge is 0.345 e. The van der Waals surface area contributed by atoms with Crippen LogP contribution < -0.4 is 0 Å². The number of carbonyl (C=O) groups is 1. The minimum absolute atomic E-state index is 0.0418. The Kier molecular flexibility index (Phi) is 6.29. The molecule has 5 heteroatoms. The molecule has 138 valence electrons. The van der Waals surface area contributed by atoms with Gasteiger partial charge in [0.2, 0.25) is 0 Å². The molecule has 3 rings (SSSR count). The van der Waals surface area contributed by atoms with Gasteiger partial charge < -0.3 is 10.2 Å². The van der Waals surface area contributed by atoms with Gasteiger partial charge in [-0.25, -0.2) is 4.79 Å². The van der Waals surface area contributed by atoms with Crippen LogP contribution in [0.3, 0.4) is 0 Å². The zero-order chi connectivity index (χ0) is 19.2. The van der Waals surface area contributed by atoms with Gasteiger partial charge in [-0.3, -0.25) is 0 Å². The lowest BCUT2D eigenvalue weighted by Crippen LogP contribution is -2.19. The zero-order valence-electron chi connectivity index (χ0n) is 14.8. The normalized spacial score (nSPS) is 24.0. The van der Waals surface area contributed by atoms with Crippen LogP contribution in [0.4, 0.5) is 0 Å². The van der Waals surface area contributed by atoms with E-state index >= 15 is 0 Å². The van der Waals surface area contributed by atoms with Crippen molar-refractivity contribution in [1.82, 2.24) is 0 Å². The highest BCUT2D eigenvalue weighted by Crippen LogP contribution is 2.40. The Morgan fingerprint density at radius 3 is 2.67 bits per heavy atom. The first-order valence-corrected chi connectivity index (χ1v) is 9.86. The van der Waals surface area contributed by atoms with E-state index < -0.39 is 12.1 Å². The van der Waals surface area contributed by atoms with Crippen LogP contribution >= 0.6 is 11.3 Å². The molecule has 2 unspecified atom stereocenters. The molecule has 2 aromatic rings. The van der Waals surface area contributed by atoms with Crippen molar-refractivity contribution in [2.24, 2.45) is 17.8 Å². The lowest BCUT2D eigenvalue weighted by molar-refractivity contribution is 0.0702. The maximum atomic E-state index is 11.0. The first-order chi connectivity index (χ1) is 13.1. The topological polar surface area (TPSA) is 81.3 Å². The second-order valence-corrected chi connectivity index (χ2v) is 8.00. The maximum Gasteiger partial charge on any atom is 0.345 e. The molecule has 0 amide bonds. The SMILES string of the molecule is N#C[C@@H]1CC(O)[C@H](C#Cc2ccccc2)C1CCCc1ccc(C(=O)O)s1. The summed E-state index contributed by atoms with van der Waals surface area (Å²) in [5, 5.41) is 28.9. The number of hydrogen-bond donors (Lipinski definition) is 2. The van der Waals surface area contributed by atoms with Crippen molar-refractivity contribution in [2.45, 2.75) is 31.8 Å². The van der Waals surface area contributed by atoms with E-state index in [1.54, 1.807) is 6.07 Å². The van der Waals surface area contributed by atoms with E-state index in [4.69, 9.17) is 5.11 Å². The molecular weight excluding hydrogens is 358 g/mol. The Labute approximate surface area is 163 Å². The summed E-state index contributed by atoms with van der Waals surface area (Å²) in [6.07, 6.45) is 2.32. The molecule has 4 atom stereocenters. The number of carboxylic acids is 1. The standard InChI is InChI=1S/C22H21NO3S/c23-14-16-13-20(24)19(11-9-15-5-2-1-3-6-15)18(16)8-4-7-17-10-12-21(27-17)22(25)26/h1-3,5-6,10,12,16,18-20,24H,4,7-8,13H2,(H,25,26)/t16-,18?,19+,20?/m0/s1. The number of thiophene rings is 1. The number of aliphatic hydroxyl groups excluding tert-OH is 1. The van der Waals surface area contributed by atoms with E-state index in [2.05, 4.69) is 17.9 Å². The quantitative estimate of drug-likeness (QED) is 0.771. The van der Waals surface area contributed by atoms with Crippen LogP contribution in [0.2, 0.25) is 0 Å². The molecule has 1 saturated carbocycles. The Morgan fingerprint density at radius 2 is 2.00 bits per heavy atom. The fourth-order valence-electron chi connectivity index (χ4n) is 3.68. The largest absolute Gasteiger partial charge is 0.477 e. The molecule has 0 spiro atoms. The van der Waals surface area contributed by atoms with Gasteiger partial charge in [0, 0.05) is 10.4 Å². The van der Waals surface area contributed by atoms with Gasteiger partial charge in [0.15, 0.2) is 0 Å². The van der Waals surface area contributed by atoms with Crippen molar-refractivity contribution >= 4 is 17.3 Å². The highest BCUT2D eigenvalue weighted by Gasteiger charge is 2.41. The van der Waals surface area contributed by atoms with E-state index in [0.717, 1.165) is 29.7 Å². The predicted molar refractivity (Wildman–Crippen MR) is 104 cm³/mol. The monoisotopic (exact) mass is 379 g/mol. The second kappa shape index (κ2) is 8.86. The lowest BCUT2D eigenvalue weighted by atomic mass is 9.85. The molecule has 1 aliphatic rings. The molecule has 4 nitrogen and oxygen atoms in total. The highest BCUT2D eigenvalue weighted by atomic mass is 32.1. The molecule has 0 aliphatic heterocycles. The number of nitriles is 1. The number of aromatic carboxylic acids is 1. The molecule has 1 aliphatic carbocycles. The average Bonchev–Trinajstić information content (AvgIpc) is 3.26. The van der Waals surface area contributed by atoms with Gasteiger partial charge in [0.05, 0.1) is 24.0 Å². The van der Waals surface area contributed by atoms with Gasteiger partial charge in [-0.2, -0.15) is 5.26 Å². The minimum atomic E-state index is -0.897. The van der Waals surface area contributed by atoms with Gasteiger partial charge in [-0.15, -0.1) is 11.3 Å². The summed E-state index contributed by atoms with van der Waals surface area (Å²) in [5.41, 5.74) is 0.906. The molecule has 1 aromatic heterocycles. The molecule has 0 saturated heterocycles. The number of aliphatic hydroxyl groups is 1. The van der Waals surface area contributed by atoms with Crippen LogP contribution in [0.1, 0.15) is 39.4 Å². The summed E-state index contributed by atoms with van der Waals surface area (Å²) in [6.45, 7) is 0. The van der Waals surface area contributed by atoms with E-state index in [1.807, 2.05) is 36.4 Å². The Balaban J connectivity index is 1.65. The van der Waals surface area contributed by atoms with Crippen LogP contribution in [-0.4, -0.2) is 22.3 Å². The minimum Gasteiger partial charge on any atom is -0.477 e. The third kappa shape index (κ3) is 4.77. The summed E-state index contributed by atoms with van der Waals surface area (Å²) < 4.78 is 0. The maximum absolute atomic E-state index is 11.0. The van der Waals surface area contributed by atoms with Gasteiger partial charge in [0.25, 0.3) is 0 Å². The average molecular weight is 379 g/mol. The van der Waals surface area contributed by atoms with E-state index in [1.165, 1.54) is 11.3 Å². The van der Waals surface area contributed by atoms with E-state index in [9.17, 15) is 15.2 Å². The fourth-order valence-corrected chi connectivity index (χ4v) is 4.57. The molecule has 0 bridgehead atoms. The molecule has 0 radical (unpaired) electrons. The zero-order valence-corrected chi connectivity index (χ0v) is 15.7.